The highest BCUT2D eigenvalue weighted by atomic mass is 79.9. The van der Waals surface area contributed by atoms with Crippen LogP contribution in [0.2, 0.25) is 0 Å². The molecule has 0 bridgehead atoms. The number of rotatable bonds is 3. The average molecular weight is 483 g/mol. The molecular weight excluding hydrogens is 460 g/mol. The molecule has 0 aliphatic carbocycles. The Morgan fingerprint density at radius 3 is 2.58 bits per heavy atom. The van der Waals surface area contributed by atoms with E-state index in [1.165, 1.54) is 0 Å². The summed E-state index contributed by atoms with van der Waals surface area (Å²) in [6.45, 7) is 3.83. The summed E-state index contributed by atoms with van der Waals surface area (Å²) in [4.78, 5) is 0. The number of methoxy groups -OCH3 is 1. The lowest BCUT2D eigenvalue weighted by atomic mass is 9.83. The molecular formula is C23H23BrN4O3. The molecule has 160 valence electrons. The van der Waals surface area contributed by atoms with E-state index in [0.717, 1.165) is 27.0 Å². The Morgan fingerprint density at radius 2 is 1.97 bits per heavy atom. The van der Waals surface area contributed by atoms with Crippen molar-refractivity contribution in [3.63, 3.8) is 0 Å². The van der Waals surface area contributed by atoms with Crippen LogP contribution >= 0.6 is 15.9 Å². The lowest BCUT2D eigenvalue weighted by molar-refractivity contribution is 0.318. The van der Waals surface area contributed by atoms with Crippen LogP contribution in [0.5, 0.6) is 11.6 Å². The Balaban J connectivity index is 0.000000858. The van der Waals surface area contributed by atoms with Gasteiger partial charge in [-0.25, -0.2) is 4.68 Å². The van der Waals surface area contributed by atoms with Gasteiger partial charge in [-0.05, 0) is 44.2 Å². The Labute approximate surface area is 189 Å². The Bertz CT molecular complexity index is 1150. The number of para-hydroxylation sites is 1. The van der Waals surface area contributed by atoms with E-state index < -0.39 is 5.92 Å². The van der Waals surface area contributed by atoms with E-state index in [9.17, 15) is 5.26 Å². The van der Waals surface area contributed by atoms with Gasteiger partial charge in [-0.15, -0.1) is 0 Å². The molecule has 3 N–H and O–H groups in total. The van der Waals surface area contributed by atoms with Gasteiger partial charge in [-0.3, -0.25) is 0 Å². The van der Waals surface area contributed by atoms with E-state index in [1.807, 2.05) is 55.5 Å². The molecule has 0 fully saturated rings. The molecule has 1 atom stereocenters. The molecule has 0 saturated carbocycles. The summed E-state index contributed by atoms with van der Waals surface area (Å²) in [6.07, 6.45) is 0. The molecule has 0 spiro atoms. The number of hydrogen-bond donors (Lipinski definition) is 2. The average Bonchev–Trinajstić information content (AvgIpc) is 3.09. The molecule has 1 aromatic heterocycles. The number of aliphatic hydroxyl groups excluding tert-OH is 1. The van der Waals surface area contributed by atoms with Crippen molar-refractivity contribution in [2.24, 2.45) is 5.73 Å². The minimum absolute atomic E-state index is 0.0686. The number of hydrogen-bond acceptors (Lipinski definition) is 6. The molecule has 1 unspecified atom stereocenters. The second kappa shape index (κ2) is 9.69. The number of nitrogens with two attached hydrogens (primary N) is 1. The van der Waals surface area contributed by atoms with E-state index in [-0.39, 0.29) is 12.5 Å². The molecule has 31 heavy (non-hydrogen) atoms. The summed E-state index contributed by atoms with van der Waals surface area (Å²) in [5.41, 5.74) is 9.71. The number of benzene rings is 2. The first-order chi connectivity index (χ1) is 15.0. The van der Waals surface area contributed by atoms with Gasteiger partial charge in [0.25, 0.3) is 0 Å². The van der Waals surface area contributed by atoms with Crippen LogP contribution in [0.4, 0.5) is 0 Å². The number of nitriles is 1. The molecule has 0 amide bonds. The van der Waals surface area contributed by atoms with E-state index >= 15 is 0 Å². The third-order valence-electron chi connectivity index (χ3n) is 4.74. The number of aromatic nitrogens is 2. The van der Waals surface area contributed by atoms with Crippen LogP contribution in [-0.2, 0) is 0 Å². The van der Waals surface area contributed by atoms with Crippen LogP contribution in [0.15, 0.2) is 64.5 Å². The quantitative estimate of drug-likeness (QED) is 0.579. The van der Waals surface area contributed by atoms with Gasteiger partial charge in [0.05, 0.1) is 30.0 Å². The van der Waals surface area contributed by atoms with E-state index in [4.69, 9.17) is 20.3 Å². The van der Waals surface area contributed by atoms with Gasteiger partial charge in [0, 0.05) is 16.6 Å². The van der Waals surface area contributed by atoms with Crippen molar-refractivity contribution in [1.82, 2.24) is 9.78 Å². The van der Waals surface area contributed by atoms with Crippen LogP contribution in [0.3, 0.4) is 0 Å². The molecule has 7 nitrogen and oxygen atoms in total. The SMILES string of the molecule is CCO.COc1ccc(Br)cc1C1C(C#N)=C(N)Oc2c1c(C)nn2-c1ccccc1. The molecule has 4 rings (SSSR count). The Hall–Kier alpha value is -3.28. The second-order valence-electron chi connectivity index (χ2n) is 6.68. The van der Waals surface area contributed by atoms with Crippen molar-refractivity contribution in [3.8, 4) is 23.4 Å². The lowest BCUT2D eigenvalue weighted by Gasteiger charge is -2.26. The Morgan fingerprint density at radius 1 is 1.29 bits per heavy atom. The van der Waals surface area contributed by atoms with Gasteiger partial charge in [-0.2, -0.15) is 10.4 Å². The number of nitrogens with zero attached hydrogens (tertiary/aromatic N) is 3. The number of aryl methyl sites for hydroxylation is 1. The zero-order valence-electron chi connectivity index (χ0n) is 17.5. The van der Waals surface area contributed by atoms with E-state index in [2.05, 4.69) is 27.1 Å². The maximum Gasteiger partial charge on any atom is 0.229 e. The monoisotopic (exact) mass is 482 g/mol. The van der Waals surface area contributed by atoms with Crippen LogP contribution < -0.4 is 15.2 Å². The predicted octanol–water partition coefficient (Wildman–Crippen LogP) is 4.17. The lowest BCUT2D eigenvalue weighted by Crippen LogP contribution is -2.22. The second-order valence-corrected chi connectivity index (χ2v) is 7.59. The van der Waals surface area contributed by atoms with E-state index in [0.29, 0.717) is 17.2 Å². The molecule has 8 heteroatoms. The summed E-state index contributed by atoms with van der Waals surface area (Å²) in [5.74, 6) is 0.790. The topological polar surface area (TPSA) is 106 Å². The minimum atomic E-state index is -0.446. The standard InChI is InChI=1S/C21H17BrN4O2.C2H6O/c1-12-18-19(15-10-13(22)8-9-17(15)27-2)16(11-23)20(24)28-21(18)26(25-12)14-6-4-3-5-7-14;1-2-3/h3-10,19H,24H2,1-2H3;3H,2H2,1H3. The first-order valence-electron chi connectivity index (χ1n) is 9.63. The summed E-state index contributed by atoms with van der Waals surface area (Å²) < 4.78 is 14.0. The van der Waals surface area contributed by atoms with Gasteiger partial charge < -0.3 is 20.3 Å². The van der Waals surface area contributed by atoms with Crippen molar-refractivity contribution in [1.29, 1.82) is 5.26 Å². The van der Waals surface area contributed by atoms with Crippen molar-refractivity contribution >= 4 is 15.9 Å². The molecule has 2 aromatic carbocycles. The highest BCUT2D eigenvalue weighted by molar-refractivity contribution is 9.10. The number of halogens is 1. The zero-order valence-corrected chi connectivity index (χ0v) is 19.0. The number of allylic oxidation sites excluding steroid dienone is 1. The number of fused-ring (bicyclic) bond motifs is 1. The summed E-state index contributed by atoms with van der Waals surface area (Å²) in [6, 6.07) is 17.6. The van der Waals surface area contributed by atoms with Gasteiger partial charge in [0.15, 0.2) is 0 Å². The first-order valence-corrected chi connectivity index (χ1v) is 10.4. The molecule has 1 aliphatic rings. The maximum absolute atomic E-state index is 9.82. The van der Waals surface area contributed by atoms with Crippen molar-refractivity contribution in [2.45, 2.75) is 19.8 Å². The number of ether oxygens (including phenoxy) is 2. The zero-order chi connectivity index (χ0) is 22.5. The fraction of sp³-hybridized carbons (Fsp3) is 0.217. The Kier molecular flexibility index (Phi) is 7.00. The normalized spacial score (nSPS) is 14.6. The summed E-state index contributed by atoms with van der Waals surface area (Å²) in [5, 5.41) is 22.1. The largest absolute Gasteiger partial charge is 0.496 e. The van der Waals surface area contributed by atoms with Crippen molar-refractivity contribution in [3.05, 3.63) is 81.3 Å². The third-order valence-corrected chi connectivity index (χ3v) is 5.23. The highest BCUT2D eigenvalue weighted by Gasteiger charge is 2.37. The van der Waals surface area contributed by atoms with E-state index in [1.54, 1.807) is 18.7 Å². The minimum Gasteiger partial charge on any atom is -0.496 e. The molecule has 3 aromatic rings. The molecule has 0 saturated heterocycles. The van der Waals surface area contributed by atoms with Crippen LogP contribution in [0, 0.1) is 18.3 Å². The van der Waals surface area contributed by atoms with Gasteiger partial charge in [0.1, 0.15) is 17.4 Å². The van der Waals surface area contributed by atoms with Gasteiger partial charge in [-0.1, -0.05) is 34.1 Å². The van der Waals surface area contributed by atoms with Crippen LogP contribution in [0.1, 0.15) is 29.7 Å². The fourth-order valence-corrected chi connectivity index (χ4v) is 3.88. The third kappa shape index (κ3) is 4.29. The van der Waals surface area contributed by atoms with Crippen molar-refractivity contribution < 1.29 is 14.6 Å². The van der Waals surface area contributed by atoms with Crippen LogP contribution in [-0.4, -0.2) is 28.6 Å². The molecule has 1 aliphatic heterocycles. The van der Waals surface area contributed by atoms with Gasteiger partial charge in [0.2, 0.25) is 11.8 Å². The highest BCUT2D eigenvalue weighted by Crippen LogP contribution is 2.47. The fourth-order valence-electron chi connectivity index (χ4n) is 3.50. The summed E-state index contributed by atoms with van der Waals surface area (Å²) in [7, 11) is 1.60. The molecule has 2 heterocycles. The molecule has 0 radical (unpaired) electrons. The van der Waals surface area contributed by atoms with Crippen LogP contribution in [0.25, 0.3) is 5.69 Å². The maximum atomic E-state index is 9.82. The predicted molar refractivity (Wildman–Crippen MR) is 121 cm³/mol. The number of aliphatic hydroxyl groups is 1. The van der Waals surface area contributed by atoms with Crippen molar-refractivity contribution in [2.75, 3.05) is 13.7 Å². The van der Waals surface area contributed by atoms with Gasteiger partial charge >= 0.3 is 0 Å². The smallest absolute Gasteiger partial charge is 0.229 e. The first kappa shape index (κ1) is 22.4. The summed E-state index contributed by atoms with van der Waals surface area (Å²) >= 11 is 3.51.